The lowest BCUT2D eigenvalue weighted by atomic mass is 10.0. The molecular formula is C17H16ClFN2O2. The van der Waals surface area contributed by atoms with Crippen LogP contribution in [-0.4, -0.2) is 21.9 Å². The monoisotopic (exact) mass is 334 g/mol. The maximum absolute atomic E-state index is 13.8. The molecule has 0 saturated heterocycles. The molecule has 1 aromatic heterocycles. The zero-order valence-electron chi connectivity index (χ0n) is 12.7. The fourth-order valence-corrected chi connectivity index (χ4v) is 3.05. The van der Waals surface area contributed by atoms with Gasteiger partial charge in [0.05, 0.1) is 6.42 Å². The van der Waals surface area contributed by atoms with E-state index in [1.54, 1.807) is 30.3 Å². The topological polar surface area (TPSA) is 42.3 Å². The van der Waals surface area contributed by atoms with Crippen molar-refractivity contribution in [1.29, 1.82) is 0 Å². The van der Waals surface area contributed by atoms with Crippen molar-refractivity contribution in [3.8, 4) is 0 Å². The second kappa shape index (κ2) is 6.16. The lowest BCUT2D eigenvalue weighted by molar-refractivity contribution is -0.131. The van der Waals surface area contributed by atoms with Crippen molar-refractivity contribution in [3.63, 3.8) is 0 Å². The summed E-state index contributed by atoms with van der Waals surface area (Å²) in [7, 11) is 1.68. The van der Waals surface area contributed by atoms with Crippen LogP contribution in [0.4, 0.5) is 4.39 Å². The van der Waals surface area contributed by atoms with Crippen LogP contribution in [0, 0.1) is 5.82 Å². The molecule has 1 aromatic carbocycles. The van der Waals surface area contributed by atoms with Crippen LogP contribution < -0.4 is 5.56 Å². The number of benzene rings is 1. The first-order valence-electron chi connectivity index (χ1n) is 7.35. The Balaban J connectivity index is 1.79. The Morgan fingerprint density at radius 1 is 1.35 bits per heavy atom. The van der Waals surface area contributed by atoms with Crippen molar-refractivity contribution in [1.82, 2.24) is 9.47 Å². The molecule has 23 heavy (non-hydrogen) atoms. The Morgan fingerprint density at radius 3 is 2.87 bits per heavy atom. The fraction of sp³-hybridized carbons (Fsp3) is 0.294. The Kier molecular flexibility index (Phi) is 4.22. The summed E-state index contributed by atoms with van der Waals surface area (Å²) in [6, 6.07) is 6.01. The average molecular weight is 335 g/mol. The Bertz CT molecular complexity index is 812. The van der Waals surface area contributed by atoms with E-state index in [-0.39, 0.29) is 28.5 Å². The second-order valence-electron chi connectivity index (χ2n) is 5.72. The Labute approximate surface area is 138 Å². The number of fused-ring (bicyclic) bond motifs is 1. The predicted octanol–water partition coefficient (Wildman–Crippen LogP) is 2.31. The highest BCUT2D eigenvalue weighted by Crippen LogP contribution is 2.22. The number of hydrogen-bond acceptors (Lipinski definition) is 2. The maximum Gasteiger partial charge on any atom is 0.250 e. The van der Waals surface area contributed by atoms with Crippen molar-refractivity contribution in [2.45, 2.75) is 19.4 Å². The number of halogens is 2. The highest BCUT2D eigenvalue weighted by Gasteiger charge is 2.23. The molecule has 0 bridgehead atoms. The number of aryl methyl sites for hydroxylation is 1. The van der Waals surface area contributed by atoms with E-state index in [9.17, 15) is 14.0 Å². The summed E-state index contributed by atoms with van der Waals surface area (Å²) in [6.07, 6.45) is 2.32. The zero-order chi connectivity index (χ0) is 16.6. The Hall–Kier alpha value is -2.14. The molecule has 0 spiro atoms. The first kappa shape index (κ1) is 15.7. The van der Waals surface area contributed by atoms with E-state index in [0.717, 1.165) is 11.1 Å². The van der Waals surface area contributed by atoms with Crippen LogP contribution in [0.25, 0.3) is 0 Å². The standard InChI is InChI=1S/C17H16ClFN2O2/c1-20-9-12-10-21(6-5-11(12)7-16(20)22)17(23)8-13-14(18)3-2-4-15(13)19/h2-4,7,9H,5-6,8,10H2,1H3. The van der Waals surface area contributed by atoms with Gasteiger partial charge in [0.25, 0.3) is 5.56 Å². The van der Waals surface area contributed by atoms with Crippen LogP contribution in [0.1, 0.15) is 16.7 Å². The second-order valence-corrected chi connectivity index (χ2v) is 6.12. The minimum Gasteiger partial charge on any atom is -0.338 e. The molecule has 0 unspecified atom stereocenters. The van der Waals surface area contributed by atoms with E-state index in [4.69, 9.17) is 11.6 Å². The van der Waals surface area contributed by atoms with Gasteiger partial charge in [0.1, 0.15) is 5.82 Å². The van der Waals surface area contributed by atoms with E-state index >= 15 is 0 Å². The lowest BCUT2D eigenvalue weighted by Crippen LogP contribution is -2.38. The molecule has 1 amide bonds. The number of pyridine rings is 1. The van der Waals surface area contributed by atoms with Crippen molar-refractivity contribution < 1.29 is 9.18 Å². The van der Waals surface area contributed by atoms with Gasteiger partial charge in [0.2, 0.25) is 5.91 Å². The Morgan fingerprint density at radius 2 is 2.13 bits per heavy atom. The molecular weight excluding hydrogens is 319 g/mol. The molecule has 0 saturated carbocycles. The van der Waals surface area contributed by atoms with Gasteiger partial charge in [-0.15, -0.1) is 0 Å². The van der Waals surface area contributed by atoms with E-state index < -0.39 is 5.82 Å². The van der Waals surface area contributed by atoms with Crippen molar-refractivity contribution >= 4 is 17.5 Å². The summed E-state index contributed by atoms with van der Waals surface area (Å²) >= 11 is 5.98. The zero-order valence-corrected chi connectivity index (χ0v) is 13.4. The number of nitrogens with zero attached hydrogens (tertiary/aromatic N) is 2. The molecule has 1 aliphatic heterocycles. The molecule has 2 aromatic rings. The molecule has 3 rings (SSSR count). The third-order valence-electron chi connectivity index (χ3n) is 4.16. The molecule has 0 aliphatic carbocycles. The molecule has 4 nitrogen and oxygen atoms in total. The normalized spacial score (nSPS) is 13.8. The first-order chi connectivity index (χ1) is 11.0. The molecule has 0 fully saturated rings. The number of rotatable bonds is 2. The van der Waals surface area contributed by atoms with Crippen LogP contribution in [0.3, 0.4) is 0 Å². The largest absolute Gasteiger partial charge is 0.338 e. The van der Waals surface area contributed by atoms with E-state index in [2.05, 4.69) is 0 Å². The van der Waals surface area contributed by atoms with Gasteiger partial charge in [0, 0.05) is 43.0 Å². The van der Waals surface area contributed by atoms with Gasteiger partial charge in [-0.1, -0.05) is 17.7 Å². The first-order valence-corrected chi connectivity index (χ1v) is 7.72. The average Bonchev–Trinajstić information content (AvgIpc) is 2.51. The molecule has 120 valence electrons. The van der Waals surface area contributed by atoms with Crippen molar-refractivity contribution in [3.05, 3.63) is 68.3 Å². The van der Waals surface area contributed by atoms with Crippen molar-refractivity contribution in [2.75, 3.05) is 6.54 Å². The van der Waals surface area contributed by atoms with Crippen LogP contribution in [-0.2, 0) is 31.2 Å². The predicted molar refractivity (Wildman–Crippen MR) is 85.9 cm³/mol. The number of aromatic nitrogens is 1. The smallest absolute Gasteiger partial charge is 0.250 e. The lowest BCUT2D eigenvalue weighted by Gasteiger charge is -2.29. The number of amides is 1. The van der Waals surface area contributed by atoms with Gasteiger partial charge in [-0.3, -0.25) is 9.59 Å². The van der Waals surface area contributed by atoms with Gasteiger partial charge in [-0.25, -0.2) is 4.39 Å². The third-order valence-corrected chi connectivity index (χ3v) is 4.52. The van der Waals surface area contributed by atoms with Crippen LogP contribution >= 0.6 is 11.6 Å². The fourth-order valence-electron chi connectivity index (χ4n) is 2.82. The quantitative estimate of drug-likeness (QED) is 0.845. The molecule has 0 N–H and O–H groups in total. The van der Waals surface area contributed by atoms with Gasteiger partial charge >= 0.3 is 0 Å². The number of carbonyl (C=O) groups excluding carboxylic acids is 1. The number of hydrogen-bond donors (Lipinski definition) is 0. The minimum atomic E-state index is -0.467. The van der Waals surface area contributed by atoms with Gasteiger partial charge in [0.15, 0.2) is 0 Å². The summed E-state index contributed by atoms with van der Waals surface area (Å²) in [5, 5.41) is 0.262. The molecule has 0 atom stereocenters. The highest BCUT2D eigenvalue weighted by molar-refractivity contribution is 6.31. The van der Waals surface area contributed by atoms with Crippen LogP contribution in [0.2, 0.25) is 5.02 Å². The van der Waals surface area contributed by atoms with Crippen molar-refractivity contribution in [2.24, 2.45) is 7.05 Å². The molecule has 1 aliphatic rings. The summed E-state index contributed by atoms with van der Waals surface area (Å²) in [4.78, 5) is 25.8. The van der Waals surface area contributed by atoms with Gasteiger partial charge in [-0.2, -0.15) is 0 Å². The van der Waals surface area contributed by atoms with E-state index in [1.807, 2.05) is 0 Å². The molecule has 0 radical (unpaired) electrons. The van der Waals surface area contributed by atoms with Crippen LogP contribution in [0.5, 0.6) is 0 Å². The van der Waals surface area contributed by atoms with Gasteiger partial charge < -0.3 is 9.47 Å². The molecule has 2 heterocycles. The SMILES string of the molecule is Cn1cc2c(cc1=O)CCN(C(=O)Cc1c(F)cccc1Cl)C2. The summed E-state index contributed by atoms with van der Waals surface area (Å²) in [5.74, 6) is -0.637. The molecule has 6 heteroatoms. The van der Waals surface area contributed by atoms with Crippen LogP contribution in [0.15, 0.2) is 35.3 Å². The maximum atomic E-state index is 13.8. The van der Waals surface area contributed by atoms with E-state index in [1.165, 1.54) is 16.7 Å². The minimum absolute atomic E-state index is 0.0540. The summed E-state index contributed by atoms with van der Waals surface area (Å²) in [5.41, 5.74) is 2.10. The van der Waals surface area contributed by atoms with Gasteiger partial charge in [-0.05, 0) is 29.7 Å². The third kappa shape index (κ3) is 3.15. The number of carbonyl (C=O) groups is 1. The summed E-state index contributed by atoms with van der Waals surface area (Å²) in [6.45, 7) is 0.944. The highest BCUT2D eigenvalue weighted by atomic mass is 35.5. The van der Waals surface area contributed by atoms with E-state index in [0.29, 0.717) is 19.5 Å². The summed E-state index contributed by atoms with van der Waals surface area (Å²) < 4.78 is 15.3.